The lowest BCUT2D eigenvalue weighted by molar-refractivity contribution is -0.385. The first-order chi connectivity index (χ1) is 24.2. The van der Waals surface area contributed by atoms with E-state index in [0.717, 1.165) is 31.4 Å². The summed E-state index contributed by atoms with van der Waals surface area (Å²) in [5.41, 5.74) is 0.0897. The van der Waals surface area contributed by atoms with E-state index >= 15 is 0 Å². The summed E-state index contributed by atoms with van der Waals surface area (Å²) in [5, 5.41) is 14.8. The normalized spacial score (nSPS) is 11.5. The Morgan fingerprint density at radius 3 is 1.98 bits per heavy atom. The number of unbranched alkanes of at least 4 members (excludes halogenated alkanes) is 15. The Balaban J connectivity index is 1.55. The highest BCUT2D eigenvalue weighted by molar-refractivity contribution is 7.92. The molecule has 3 aromatic rings. The number of nitro benzene ring substituents is 1. The Labute approximate surface area is 297 Å². The zero-order valence-corrected chi connectivity index (χ0v) is 30.8. The number of H-pyrrole nitrogens is 1. The fourth-order valence-electron chi connectivity index (χ4n) is 5.90. The Morgan fingerprint density at radius 1 is 0.820 bits per heavy atom. The molecule has 0 bridgehead atoms. The summed E-state index contributed by atoms with van der Waals surface area (Å²) < 4.78 is 46.0. The van der Waals surface area contributed by atoms with E-state index in [4.69, 9.17) is 14.2 Å². The summed E-state index contributed by atoms with van der Waals surface area (Å²) in [5.74, 6) is -0.113. The molecule has 1 heterocycles. The van der Waals surface area contributed by atoms with Crippen LogP contribution in [0, 0.1) is 10.1 Å². The van der Waals surface area contributed by atoms with Crippen molar-refractivity contribution in [2.75, 3.05) is 38.7 Å². The number of amides is 1. The highest BCUT2D eigenvalue weighted by Crippen LogP contribution is 2.35. The molecule has 0 unspecified atom stereocenters. The molecule has 0 saturated heterocycles. The van der Waals surface area contributed by atoms with Crippen LogP contribution in [0.25, 0.3) is 10.9 Å². The standard InChI is InChI=1S/C37H56N4O8S/c1-4-5-6-7-8-9-10-11-12-13-14-15-16-17-18-19-24-38-37(42)36-35(31-28-30(48-3)21-22-32(31)39-36)40-50(45,46)34-27-29(41(43)44)20-23-33(34)49-26-25-47-2/h20-23,27-28,39-40H,4-19,24-26H2,1-3H3,(H,38,42). The number of hydrogen-bond donors (Lipinski definition) is 3. The average molecular weight is 717 g/mol. The maximum atomic E-state index is 13.8. The quantitative estimate of drug-likeness (QED) is 0.0400. The van der Waals surface area contributed by atoms with Gasteiger partial charge in [-0.25, -0.2) is 8.42 Å². The molecule has 0 aliphatic carbocycles. The van der Waals surface area contributed by atoms with Crippen molar-refractivity contribution in [1.29, 1.82) is 0 Å². The van der Waals surface area contributed by atoms with Crippen LogP contribution in [-0.4, -0.2) is 58.2 Å². The minimum absolute atomic E-state index is 0.00211. The van der Waals surface area contributed by atoms with Gasteiger partial charge in [0, 0.05) is 36.7 Å². The second kappa shape index (κ2) is 22.1. The third kappa shape index (κ3) is 13.1. The second-order valence-electron chi connectivity index (χ2n) is 12.7. The molecule has 3 rings (SSSR count). The molecule has 278 valence electrons. The minimum atomic E-state index is -4.49. The lowest BCUT2D eigenvalue weighted by Crippen LogP contribution is -2.26. The van der Waals surface area contributed by atoms with Gasteiger partial charge in [0.15, 0.2) is 0 Å². The molecule has 1 amide bonds. The number of sulfonamides is 1. The van der Waals surface area contributed by atoms with Crippen molar-refractivity contribution in [3.05, 3.63) is 52.2 Å². The van der Waals surface area contributed by atoms with E-state index in [0.29, 0.717) is 23.2 Å². The van der Waals surface area contributed by atoms with Crippen molar-refractivity contribution in [2.45, 2.75) is 115 Å². The number of non-ortho nitro benzene ring substituents is 1. The molecule has 1 aromatic heterocycles. The number of fused-ring (bicyclic) bond motifs is 1. The number of methoxy groups -OCH3 is 2. The Bertz CT molecular complexity index is 1590. The van der Waals surface area contributed by atoms with E-state index in [1.165, 1.54) is 104 Å². The number of nitrogens with one attached hydrogen (secondary N) is 3. The lowest BCUT2D eigenvalue weighted by atomic mass is 10.0. The molecule has 0 spiro atoms. The number of carbonyl (C=O) groups excluding carboxylic acids is 1. The smallest absolute Gasteiger partial charge is 0.271 e. The van der Waals surface area contributed by atoms with E-state index in [1.54, 1.807) is 18.2 Å². The minimum Gasteiger partial charge on any atom is -0.497 e. The molecule has 13 heteroatoms. The number of aromatic nitrogens is 1. The topological polar surface area (TPSA) is 162 Å². The maximum absolute atomic E-state index is 13.8. The molecule has 12 nitrogen and oxygen atoms in total. The molecule has 0 atom stereocenters. The molecular formula is C37H56N4O8S. The molecule has 3 N–H and O–H groups in total. The second-order valence-corrected chi connectivity index (χ2v) is 14.3. The Kier molecular flexibility index (Phi) is 17.9. The van der Waals surface area contributed by atoms with Crippen molar-refractivity contribution < 1.29 is 32.3 Å². The van der Waals surface area contributed by atoms with Crippen LogP contribution < -0.4 is 19.5 Å². The third-order valence-corrected chi connectivity index (χ3v) is 10.1. The molecule has 0 aliphatic heterocycles. The highest BCUT2D eigenvalue weighted by Gasteiger charge is 2.28. The zero-order valence-electron chi connectivity index (χ0n) is 30.0. The van der Waals surface area contributed by atoms with E-state index in [9.17, 15) is 23.3 Å². The summed E-state index contributed by atoms with van der Waals surface area (Å²) >= 11 is 0. The zero-order chi connectivity index (χ0) is 36.2. The monoisotopic (exact) mass is 716 g/mol. The van der Waals surface area contributed by atoms with Crippen LogP contribution in [-0.2, 0) is 14.8 Å². The summed E-state index contributed by atoms with van der Waals surface area (Å²) in [6.07, 6.45) is 20.1. The van der Waals surface area contributed by atoms with Gasteiger partial charge in [-0.15, -0.1) is 0 Å². The van der Waals surface area contributed by atoms with E-state index in [-0.39, 0.29) is 30.3 Å². The summed E-state index contributed by atoms with van der Waals surface area (Å²) in [6, 6.07) is 8.31. The van der Waals surface area contributed by atoms with Crippen molar-refractivity contribution in [3.63, 3.8) is 0 Å². The van der Waals surface area contributed by atoms with E-state index < -0.39 is 31.4 Å². The first-order valence-electron chi connectivity index (χ1n) is 18.1. The number of aromatic amines is 1. The molecule has 2 aromatic carbocycles. The Hall–Kier alpha value is -3.84. The highest BCUT2D eigenvalue weighted by atomic mass is 32.2. The number of nitro groups is 1. The van der Waals surface area contributed by atoms with Gasteiger partial charge in [0.25, 0.3) is 21.6 Å². The van der Waals surface area contributed by atoms with Gasteiger partial charge in [-0.1, -0.05) is 103 Å². The van der Waals surface area contributed by atoms with Gasteiger partial charge in [-0.05, 0) is 30.7 Å². The van der Waals surface area contributed by atoms with E-state index in [1.807, 2.05) is 0 Å². The molecular weight excluding hydrogens is 660 g/mol. The number of ether oxygens (including phenoxy) is 3. The Morgan fingerprint density at radius 2 is 1.42 bits per heavy atom. The van der Waals surface area contributed by atoms with Crippen LogP contribution in [0.15, 0.2) is 41.3 Å². The van der Waals surface area contributed by atoms with Gasteiger partial charge in [0.1, 0.15) is 28.7 Å². The number of carbonyl (C=O) groups is 1. The fraction of sp³-hybridized carbons (Fsp3) is 0.595. The predicted octanol–water partition coefficient (Wildman–Crippen LogP) is 8.90. The van der Waals surface area contributed by atoms with Crippen LogP contribution in [0.4, 0.5) is 11.4 Å². The SMILES string of the molecule is CCCCCCCCCCCCCCCCCCNC(=O)c1[nH]c2ccc(OC)cc2c1NS(=O)(=O)c1cc([N+](=O)[O-])ccc1OCCOC. The van der Waals surface area contributed by atoms with Crippen molar-refractivity contribution in [2.24, 2.45) is 0 Å². The summed E-state index contributed by atoms with van der Waals surface area (Å²) in [6.45, 7) is 2.89. The van der Waals surface area contributed by atoms with Crippen LogP contribution in [0.1, 0.15) is 120 Å². The molecule has 0 radical (unpaired) electrons. The van der Waals surface area contributed by atoms with Gasteiger partial charge in [0.05, 0.1) is 24.3 Å². The first kappa shape index (κ1) is 40.6. The number of nitrogens with zero attached hydrogens (tertiary/aromatic N) is 1. The van der Waals surface area contributed by atoms with Gasteiger partial charge >= 0.3 is 0 Å². The average Bonchev–Trinajstić information content (AvgIpc) is 3.46. The van der Waals surface area contributed by atoms with Crippen molar-refractivity contribution in [1.82, 2.24) is 10.3 Å². The number of hydrogen-bond acceptors (Lipinski definition) is 8. The van der Waals surface area contributed by atoms with Crippen LogP contribution in [0.5, 0.6) is 11.5 Å². The maximum Gasteiger partial charge on any atom is 0.271 e. The van der Waals surface area contributed by atoms with Crippen molar-refractivity contribution >= 4 is 38.2 Å². The van der Waals surface area contributed by atoms with Gasteiger partial charge in [-0.2, -0.15) is 0 Å². The lowest BCUT2D eigenvalue weighted by Gasteiger charge is -2.14. The largest absolute Gasteiger partial charge is 0.497 e. The van der Waals surface area contributed by atoms with Gasteiger partial charge in [0.2, 0.25) is 0 Å². The van der Waals surface area contributed by atoms with Crippen LogP contribution in [0.2, 0.25) is 0 Å². The number of benzene rings is 2. The molecule has 0 saturated carbocycles. The fourth-order valence-corrected chi connectivity index (χ4v) is 7.16. The van der Waals surface area contributed by atoms with Gasteiger partial charge in [-0.3, -0.25) is 19.6 Å². The number of rotatable bonds is 27. The predicted molar refractivity (Wildman–Crippen MR) is 198 cm³/mol. The van der Waals surface area contributed by atoms with Crippen LogP contribution >= 0.6 is 0 Å². The third-order valence-electron chi connectivity index (χ3n) is 8.76. The molecule has 0 aliphatic rings. The van der Waals surface area contributed by atoms with E-state index in [2.05, 4.69) is 21.9 Å². The molecule has 50 heavy (non-hydrogen) atoms. The summed E-state index contributed by atoms with van der Waals surface area (Å²) in [4.78, 5) is 26.8. The van der Waals surface area contributed by atoms with Crippen LogP contribution in [0.3, 0.4) is 0 Å². The molecule has 0 fully saturated rings. The van der Waals surface area contributed by atoms with Crippen molar-refractivity contribution in [3.8, 4) is 11.5 Å². The number of anilines is 1. The van der Waals surface area contributed by atoms with Gasteiger partial charge < -0.3 is 24.5 Å². The summed E-state index contributed by atoms with van der Waals surface area (Å²) in [7, 11) is -1.54. The first-order valence-corrected chi connectivity index (χ1v) is 19.6.